The molecule has 0 saturated heterocycles. The second kappa shape index (κ2) is 11.0. The van der Waals surface area contributed by atoms with Gasteiger partial charge in [-0.1, -0.05) is 115 Å². The molecule has 0 N–H and O–H groups in total. The van der Waals surface area contributed by atoms with Crippen molar-refractivity contribution in [3.63, 3.8) is 0 Å². The molecular weight excluding hydrogens is 597 g/mol. The lowest BCUT2D eigenvalue weighted by Gasteiger charge is -2.26. The molecule has 0 unspecified atom stereocenters. The topological polar surface area (TPSA) is 21.3 Å². The summed E-state index contributed by atoms with van der Waals surface area (Å²) in [6.07, 6.45) is 0. The van der Waals surface area contributed by atoms with Gasteiger partial charge in [0.2, 0.25) is 0 Å². The number of hydrogen-bond acceptors (Lipinski definition) is 2. The van der Waals surface area contributed by atoms with Gasteiger partial charge < -0.3 is 13.9 Å². The minimum Gasteiger partial charge on any atom is -0.455 e. The fourth-order valence-electron chi connectivity index (χ4n) is 7.73. The van der Waals surface area contributed by atoms with Crippen LogP contribution in [-0.2, 0) is 0 Å². The van der Waals surface area contributed by atoms with Gasteiger partial charge in [0.1, 0.15) is 11.2 Å². The number of rotatable bonds is 5. The van der Waals surface area contributed by atoms with Crippen LogP contribution in [0.2, 0.25) is 0 Å². The van der Waals surface area contributed by atoms with E-state index in [1.54, 1.807) is 0 Å². The molecule has 10 aromatic rings. The molecule has 230 valence electrons. The lowest BCUT2D eigenvalue weighted by Crippen LogP contribution is -2.10. The second-order valence-corrected chi connectivity index (χ2v) is 12.5. The Bertz CT molecular complexity index is 2770. The van der Waals surface area contributed by atoms with E-state index in [-0.39, 0.29) is 0 Å². The third kappa shape index (κ3) is 4.23. The Morgan fingerprint density at radius 2 is 0.980 bits per heavy atom. The molecule has 0 radical (unpaired) electrons. The van der Waals surface area contributed by atoms with Crippen molar-refractivity contribution >= 4 is 71.6 Å². The number of benzene rings is 8. The van der Waals surface area contributed by atoms with Crippen LogP contribution >= 0.6 is 0 Å². The van der Waals surface area contributed by atoms with Gasteiger partial charge in [-0.05, 0) is 77.7 Å². The van der Waals surface area contributed by atoms with Crippen molar-refractivity contribution in [2.45, 2.75) is 0 Å². The Morgan fingerprint density at radius 3 is 1.76 bits per heavy atom. The van der Waals surface area contributed by atoms with Gasteiger partial charge >= 0.3 is 0 Å². The van der Waals surface area contributed by atoms with Gasteiger partial charge in [0, 0.05) is 49.6 Å². The Balaban J connectivity index is 1.23. The van der Waals surface area contributed by atoms with E-state index in [4.69, 9.17) is 4.42 Å². The van der Waals surface area contributed by atoms with Crippen LogP contribution < -0.4 is 4.90 Å². The largest absolute Gasteiger partial charge is 0.455 e. The summed E-state index contributed by atoms with van der Waals surface area (Å²) in [5.41, 5.74) is 10.9. The van der Waals surface area contributed by atoms with Crippen LogP contribution in [0, 0.1) is 0 Å². The first-order chi connectivity index (χ1) is 24.3. The Kier molecular flexibility index (Phi) is 6.18. The van der Waals surface area contributed by atoms with Crippen molar-refractivity contribution < 1.29 is 4.42 Å². The molecule has 10 rings (SSSR count). The number of para-hydroxylation sites is 5. The summed E-state index contributed by atoms with van der Waals surface area (Å²) >= 11 is 0. The molecule has 0 aliphatic heterocycles. The van der Waals surface area contributed by atoms with E-state index >= 15 is 0 Å². The van der Waals surface area contributed by atoms with Crippen LogP contribution in [0.25, 0.3) is 71.3 Å². The number of hydrogen-bond donors (Lipinski definition) is 0. The van der Waals surface area contributed by atoms with Crippen molar-refractivity contribution in [2.75, 3.05) is 4.90 Å². The fourth-order valence-corrected chi connectivity index (χ4v) is 7.73. The molecule has 0 aliphatic carbocycles. The molecule has 0 spiro atoms. The predicted octanol–water partition coefficient (Wildman–Crippen LogP) is 13.0. The van der Waals surface area contributed by atoms with E-state index in [0.29, 0.717) is 0 Å². The van der Waals surface area contributed by atoms with E-state index in [2.05, 4.69) is 191 Å². The van der Waals surface area contributed by atoms with E-state index in [9.17, 15) is 0 Å². The summed E-state index contributed by atoms with van der Waals surface area (Å²) in [7, 11) is 0. The van der Waals surface area contributed by atoms with Crippen molar-refractivity contribution in [1.29, 1.82) is 0 Å². The van der Waals surface area contributed by atoms with E-state index in [0.717, 1.165) is 55.8 Å². The molecule has 0 fully saturated rings. The van der Waals surface area contributed by atoms with Gasteiger partial charge in [0.15, 0.2) is 0 Å². The Hall–Kier alpha value is -6.58. The molecule has 0 amide bonds. The normalized spacial score (nSPS) is 11.7. The van der Waals surface area contributed by atoms with Crippen molar-refractivity contribution in [2.24, 2.45) is 0 Å². The highest BCUT2D eigenvalue weighted by Gasteiger charge is 2.21. The molecular formula is C46H30N2O. The molecule has 2 aromatic heterocycles. The lowest BCUT2D eigenvalue weighted by molar-refractivity contribution is 0.670. The Labute approximate surface area is 283 Å². The van der Waals surface area contributed by atoms with Crippen LogP contribution in [0.4, 0.5) is 17.1 Å². The van der Waals surface area contributed by atoms with Gasteiger partial charge in [-0.15, -0.1) is 0 Å². The molecule has 49 heavy (non-hydrogen) atoms. The summed E-state index contributed by atoms with van der Waals surface area (Å²) in [6.45, 7) is 0. The van der Waals surface area contributed by atoms with Crippen LogP contribution in [-0.4, -0.2) is 4.57 Å². The molecule has 2 heterocycles. The van der Waals surface area contributed by atoms with E-state index in [1.807, 2.05) is 0 Å². The molecule has 8 aromatic carbocycles. The van der Waals surface area contributed by atoms with Gasteiger partial charge in [0.05, 0.1) is 16.7 Å². The first-order valence-electron chi connectivity index (χ1n) is 16.7. The highest BCUT2D eigenvalue weighted by atomic mass is 16.3. The van der Waals surface area contributed by atoms with E-state index in [1.165, 1.54) is 32.6 Å². The quantitative estimate of drug-likeness (QED) is 0.190. The molecule has 0 atom stereocenters. The molecule has 0 bridgehead atoms. The SMILES string of the molecule is c1ccc(N(c2ccccc2)c2cccc3c2ccc2oc4c(-c5cccc6c5c5ccccc5n6-c5ccccc5)cccc4c23)cc1. The number of furan rings is 1. The number of nitrogens with zero attached hydrogens (tertiary/aromatic N) is 2. The minimum absolute atomic E-state index is 0.886. The monoisotopic (exact) mass is 626 g/mol. The lowest BCUT2D eigenvalue weighted by atomic mass is 9.96. The van der Waals surface area contributed by atoms with Crippen LogP contribution in [0.3, 0.4) is 0 Å². The van der Waals surface area contributed by atoms with Crippen LogP contribution in [0.1, 0.15) is 0 Å². The van der Waals surface area contributed by atoms with Crippen molar-refractivity contribution in [3.8, 4) is 16.8 Å². The smallest absolute Gasteiger partial charge is 0.143 e. The molecule has 0 saturated carbocycles. The van der Waals surface area contributed by atoms with Crippen LogP contribution in [0.5, 0.6) is 0 Å². The maximum absolute atomic E-state index is 6.85. The van der Waals surface area contributed by atoms with E-state index < -0.39 is 0 Å². The standard InChI is InChI=1S/C46H30N2O/c1-4-15-31(16-5-1)47(32-17-6-2-7-18-32)40-27-13-22-35-34(40)29-30-43-45(35)39-25-12-24-37(46(39)49-43)36-23-14-28-42-44(36)38-21-10-11-26-41(38)48(42)33-19-8-3-9-20-33/h1-30H. The van der Waals surface area contributed by atoms with Gasteiger partial charge in [-0.3, -0.25) is 0 Å². The minimum atomic E-state index is 0.886. The van der Waals surface area contributed by atoms with Gasteiger partial charge in [0.25, 0.3) is 0 Å². The third-order valence-electron chi connectivity index (χ3n) is 9.77. The molecule has 3 nitrogen and oxygen atoms in total. The number of anilines is 3. The van der Waals surface area contributed by atoms with Gasteiger partial charge in [-0.2, -0.15) is 0 Å². The van der Waals surface area contributed by atoms with Crippen molar-refractivity contribution in [1.82, 2.24) is 4.57 Å². The number of fused-ring (bicyclic) bond motifs is 8. The summed E-state index contributed by atoms with van der Waals surface area (Å²) < 4.78 is 9.22. The third-order valence-corrected chi connectivity index (χ3v) is 9.77. The first kappa shape index (κ1) is 27.5. The maximum Gasteiger partial charge on any atom is 0.143 e. The zero-order valence-electron chi connectivity index (χ0n) is 26.6. The van der Waals surface area contributed by atoms with Crippen LogP contribution in [0.15, 0.2) is 186 Å². The average Bonchev–Trinajstić information content (AvgIpc) is 3.73. The summed E-state index contributed by atoms with van der Waals surface area (Å²) in [4.78, 5) is 2.34. The average molecular weight is 627 g/mol. The molecule has 0 aliphatic rings. The highest BCUT2D eigenvalue weighted by Crippen LogP contribution is 2.46. The first-order valence-corrected chi connectivity index (χ1v) is 16.7. The summed E-state index contributed by atoms with van der Waals surface area (Å²) in [6, 6.07) is 64.7. The summed E-state index contributed by atoms with van der Waals surface area (Å²) in [5.74, 6) is 0. The molecule has 3 heteroatoms. The zero-order valence-corrected chi connectivity index (χ0v) is 26.6. The number of aromatic nitrogens is 1. The zero-order chi connectivity index (χ0) is 32.3. The highest BCUT2D eigenvalue weighted by molar-refractivity contribution is 6.24. The van der Waals surface area contributed by atoms with Crippen molar-refractivity contribution in [3.05, 3.63) is 182 Å². The second-order valence-electron chi connectivity index (χ2n) is 12.5. The van der Waals surface area contributed by atoms with Gasteiger partial charge in [-0.25, -0.2) is 0 Å². The predicted molar refractivity (Wildman–Crippen MR) is 206 cm³/mol. The maximum atomic E-state index is 6.85. The fraction of sp³-hybridized carbons (Fsp3) is 0. The summed E-state index contributed by atoms with van der Waals surface area (Å²) in [5, 5.41) is 7.04. The Morgan fingerprint density at radius 1 is 0.388 bits per heavy atom.